The molecule has 0 radical (unpaired) electrons. The van der Waals surface area contributed by atoms with Gasteiger partial charge < -0.3 is 9.30 Å². The number of rotatable bonds is 5. The number of aromatic nitrogens is 1. The fourth-order valence-electron chi connectivity index (χ4n) is 2.78. The number of hydrogen-bond acceptors (Lipinski definition) is 5. The summed E-state index contributed by atoms with van der Waals surface area (Å²) in [5.41, 5.74) is 0.979. The Bertz CT molecular complexity index is 896. The first-order valence-electron chi connectivity index (χ1n) is 8.11. The van der Waals surface area contributed by atoms with Gasteiger partial charge in [0.2, 0.25) is 11.8 Å². The average molecular weight is 361 g/mol. The number of thiazole rings is 1. The zero-order valence-corrected chi connectivity index (χ0v) is 15.0. The average Bonchev–Trinajstić information content (AvgIpc) is 3.09. The van der Waals surface area contributed by atoms with E-state index in [4.69, 9.17) is 4.74 Å². The van der Waals surface area contributed by atoms with Crippen molar-refractivity contribution in [2.24, 2.45) is 4.99 Å². The van der Waals surface area contributed by atoms with Gasteiger partial charge >= 0.3 is 0 Å². The predicted molar refractivity (Wildman–Crippen MR) is 93.2 cm³/mol. The van der Waals surface area contributed by atoms with E-state index in [0.29, 0.717) is 4.80 Å². The van der Waals surface area contributed by atoms with Gasteiger partial charge in [0.15, 0.2) is 4.80 Å². The van der Waals surface area contributed by atoms with Crippen LogP contribution < -0.4 is 9.54 Å². The first kappa shape index (κ1) is 17.3. The van der Waals surface area contributed by atoms with Crippen LogP contribution in [0.1, 0.15) is 26.2 Å². The third-order valence-electron chi connectivity index (χ3n) is 4.01. The van der Waals surface area contributed by atoms with Crippen LogP contribution >= 0.6 is 11.3 Å². The lowest BCUT2D eigenvalue weighted by atomic mass is 10.3. The molecule has 1 aliphatic heterocycles. The molecule has 1 aromatic heterocycles. The molecule has 0 spiro atoms. The zero-order valence-electron chi connectivity index (χ0n) is 14.2. The lowest BCUT2D eigenvalue weighted by Gasteiger charge is -2.10. The molecule has 0 unspecified atom stereocenters. The summed E-state index contributed by atoms with van der Waals surface area (Å²) in [7, 11) is 1.60. The number of carbonyl (C=O) groups excluding carboxylic acids is 3. The monoisotopic (exact) mass is 361 g/mol. The predicted octanol–water partition coefficient (Wildman–Crippen LogP) is 1.70. The minimum atomic E-state index is -0.494. The Balaban J connectivity index is 1.96. The van der Waals surface area contributed by atoms with Gasteiger partial charge in [0, 0.05) is 19.4 Å². The number of amides is 3. The van der Waals surface area contributed by atoms with E-state index in [-0.39, 0.29) is 31.2 Å². The SMILES string of the molecule is CCCn1c(=NC(=O)CN2C(=O)CCC2=O)sc2cc(OC)ccc21. The summed E-state index contributed by atoms with van der Waals surface area (Å²) in [6.45, 7) is 2.48. The standard InChI is InChI=1S/C17H19N3O4S/c1-3-8-19-12-5-4-11(24-2)9-13(12)25-17(19)18-14(21)10-20-15(22)6-7-16(20)23/h4-5,9H,3,6-8,10H2,1-2H3. The summed E-state index contributed by atoms with van der Waals surface area (Å²) >= 11 is 1.39. The van der Waals surface area contributed by atoms with Crippen molar-refractivity contribution in [3.05, 3.63) is 23.0 Å². The lowest BCUT2D eigenvalue weighted by molar-refractivity contribution is -0.141. The van der Waals surface area contributed by atoms with E-state index in [1.54, 1.807) is 7.11 Å². The van der Waals surface area contributed by atoms with Crippen molar-refractivity contribution in [2.45, 2.75) is 32.7 Å². The van der Waals surface area contributed by atoms with Crippen molar-refractivity contribution in [1.82, 2.24) is 9.47 Å². The Morgan fingerprint density at radius 3 is 2.64 bits per heavy atom. The Morgan fingerprint density at radius 2 is 2.00 bits per heavy atom. The summed E-state index contributed by atoms with van der Waals surface area (Å²) in [5.74, 6) is -0.373. The van der Waals surface area contributed by atoms with Gasteiger partial charge in [0.25, 0.3) is 5.91 Å². The molecular weight excluding hydrogens is 342 g/mol. The van der Waals surface area contributed by atoms with Crippen LogP contribution in [0.3, 0.4) is 0 Å². The van der Waals surface area contributed by atoms with Crippen molar-refractivity contribution >= 4 is 39.3 Å². The van der Waals surface area contributed by atoms with Gasteiger partial charge in [-0.25, -0.2) is 0 Å². The van der Waals surface area contributed by atoms with Gasteiger partial charge in [-0.3, -0.25) is 19.3 Å². The largest absolute Gasteiger partial charge is 0.497 e. The highest BCUT2D eigenvalue weighted by Gasteiger charge is 2.30. The second-order valence-corrected chi connectivity index (χ2v) is 6.76. The van der Waals surface area contributed by atoms with Gasteiger partial charge in [-0.15, -0.1) is 0 Å². The number of hydrogen-bond donors (Lipinski definition) is 0. The lowest BCUT2D eigenvalue weighted by Crippen LogP contribution is -2.34. The smallest absolute Gasteiger partial charge is 0.268 e. The highest BCUT2D eigenvalue weighted by atomic mass is 32.1. The summed E-state index contributed by atoms with van der Waals surface area (Å²) in [6, 6.07) is 5.72. The van der Waals surface area contributed by atoms with Crippen molar-refractivity contribution in [1.29, 1.82) is 0 Å². The molecule has 3 amide bonds. The van der Waals surface area contributed by atoms with Crippen LogP contribution in [0, 0.1) is 0 Å². The number of likely N-dealkylation sites (tertiary alicyclic amines) is 1. The van der Waals surface area contributed by atoms with E-state index in [2.05, 4.69) is 4.99 Å². The summed E-state index contributed by atoms with van der Waals surface area (Å²) in [6.07, 6.45) is 1.23. The van der Waals surface area contributed by atoms with Crippen LogP contribution in [0.25, 0.3) is 10.2 Å². The second kappa shape index (κ2) is 7.18. The van der Waals surface area contributed by atoms with E-state index in [9.17, 15) is 14.4 Å². The number of carbonyl (C=O) groups is 3. The maximum absolute atomic E-state index is 12.3. The molecular formula is C17H19N3O4S. The quantitative estimate of drug-likeness (QED) is 0.759. The highest BCUT2D eigenvalue weighted by molar-refractivity contribution is 7.16. The Labute approximate surface area is 148 Å². The molecule has 2 heterocycles. The Kier molecular flexibility index (Phi) is 4.98. The van der Waals surface area contributed by atoms with Crippen LogP contribution in [0.15, 0.2) is 23.2 Å². The Hall–Kier alpha value is -2.48. The molecule has 0 aliphatic carbocycles. The maximum atomic E-state index is 12.3. The van der Waals surface area contributed by atoms with Crippen molar-refractivity contribution in [2.75, 3.05) is 13.7 Å². The fourth-order valence-corrected chi connectivity index (χ4v) is 3.88. The maximum Gasteiger partial charge on any atom is 0.268 e. The van der Waals surface area contributed by atoms with Gasteiger partial charge in [0.05, 0.1) is 17.3 Å². The van der Waals surface area contributed by atoms with Gasteiger partial charge in [-0.1, -0.05) is 18.3 Å². The fraction of sp³-hybridized carbons (Fsp3) is 0.412. The second-order valence-electron chi connectivity index (χ2n) is 5.75. The molecule has 3 rings (SSSR count). The number of methoxy groups -OCH3 is 1. The summed E-state index contributed by atoms with van der Waals surface area (Å²) in [5, 5.41) is 0. The van der Waals surface area contributed by atoms with Crippen molar-refractivity contribution < 1.29 is 19.1 Å². The third kappa shape index (κ3) is 3.48. The van der Waals surface area contributed by atoms with Crippen LogP contribution in [-0.2, 0) is 20.9 Å². The molecule has 8 heteroatoms. The van der Waals surface area contributed by atoms with Crippen molar-refractivity contribution in [3.8, 4) is 5.75 Å². The molecule has 0 atom stereocenters. The molecule has 2 aromatic rings. The number of nitrogens with zero attached hydrogens (tertiary/aromatic N) is 3. The summed E-state index contributed by atoms with van der Waals surface area (Å²) in [4.78, 5) is 41.3. The molecule has 0 bridgehead atoms. The molecule has 132 valence electrons. The number of benzene rings is 1. The topological polar surface area (TPSA) is 81.0 Å². The van der Waals surface area contributed by atoms with Crippen LogP contribution in [0.4, 0.5) is 0 Å². The number of fused-ring (bicyclic) bond motifs is 1. The van der Waals surface area contributed by atoms with Crippen LogP contribution in [-0.4, -0.2) is 40.8 Å². The first-order valence-corrected chi connectivity index (χ1v) is 8.93. The minimum Gasteiger partial charge on any atom is -0.497 e. The number of aryl methyl sites for hydroxylation is 1. The minimum absolute atomic E-state index is 0.171. The van der Waals surface area contributed by atoms with Crippen LogP contribution in [0.2, 0.25) is 0 Å². The molecule has 0 saturated carbocycles. The van der Waals surface area contributed by atoms with Gasteiger partial charge in [0.1, 0.15) is 12.3 Å². The van der Waals surface area contributed by atoms with E-state index in [1.807, 2.05) is 29.7 Å². The van der Waals surface area contributed by atoms with Gasteiger partial charge in [-0.05, 0) is 24.6 Å². The van der Waals surface area contributed by atoms with Crippen LogP contribution in [0.5, 0.6) is 5.75 Å². The third-order valence-corrected chi connectivity index (χ3v) is 5.05. The molecule has 1 fully saturated rings. The molecule has 0 N–H and O–H groups in total. The van der Waals surface area contributed by atoms with E-state index in [0.717, 1.165) is 33.8 Å². The number of imide groups is 1. The number of ether oxygens (including phenoxy) is 1. The first-order chi connectivity index (χ1) is 12.0. The Morgan fingerprint density at radius 1 is 1.28 bits per heavy atom. The van der Waals surface area contributed by atoms with Crippen molar-refractivity contribution in [3.63, 3.8) is 0 Å². The van der Waals surface area contributed by atoms with E-state index < -0.39 is 5.91 Å². The van der Waals surface area contributed by atoms with E-state index in [1.165, 1.54) is 11.3 Å². The zero-order chi connectivity index (χ0) is 18.0. The molecule has 1 aliphatic rings. The van der Waals surface area contributed by atoms with Gasteiger partial charge in [-0.2, -0.15) is 4.99 Å². The van der Waals surface area contributed by atoms with E-state index >= 15 is 0 Å². The molecule has 7 nitrogen and oxygen atoms in total. The molecule has 1 saturated heterocycles. The highest BCUT2D eigenvalue weighted by Crippen LogP contribution is 2.23. The summed E-state index contributed by atoms with van der Waals surface area (Å²) < 4.78 is 8.19. The normalized spacial score (nSPS) is 15.4. The molecule has 25 heavy (non-hydrogen) atoms. The molecule has 1 aromatic carbocycles.